The Morgan fingerprint density at radius 2 is 2.26 bits per heavy atom. The van der Waals surface area contributed by atoms with Gasteiger partial charge in [-0.3, -0.25) is 9.59 Å². The Morgan fingerprint density at radius 3 is 2.95 bits per heavy atom. The molecule has 0 aromatic heterocycles. The highest BCUT2D eigenvalue weighted by molar-refractivity contribution is 6.04. The molecule has 0 radical (unpaired) electrons. The standard InChI is InChI=1S/C14H17NO4/c1-3-4-7-18-11-6-5-10(9(2)16)14-13(11)15-12(17)8-19-14/h5-6H,3-4,7-8H2,1-2H3,(H,15,17). The fourth-order valence-electron chi connectivity index (χ4n) is 1.87. The fourth-order valence-corrected chi connectivity index (χ4v) is 1.87. The predicted octanol–water partition coefficient (Wildman–Crippen LogP) is 2.40. The fraction of sp³-hybridized carbons (Fsp3) is 0.429. The molecule has 5 nitrogen and oxygen atoms in total. The molecule has 0 unspecified atom stereocenters. The highest BCUT2D eigenvalue weighted by atomic mass is 16.5. The number of hydrogen-bond donors (Lipinski definition) is 1. The van der Waals surface area contributed by atoms with Gasteiger partial charge in [-0.2, -0.15) is 0 Å². The zero-order chi connectivity index (χ0) is 13.8. The van der Waals surface area contributed by atoms with E-state index in [0.29, 0.717) is 29.4 Å². The summed E-state index contributed by atoms with van der Waals surface area (Å²) in [6.45, 7) is 4.03. The normalized spacial score (nSPS) is 13.3. The number of amides is 1. The van der Waals surface area contributed by atoms with Crippen molar-refractivity contribution in [2.24, 2.45) is 0 Å². The first-order valence-corrected chi connectivity index (χ1v) is 6.37. The highest BCUT2D eigenvalue weighted by Gasteiger charge is 2.24. The maximum absolute atomic E-state index is 11.5. The van der Waals surface area contributed by atoms with Crippen molar-refractivity contribution >= 4 is 17.4 Å². The number of benzene rings is 1. The summed E-state index contributed by atoms with van der Waals surface area (Å²) in [5.74, 6) is 0.601. The van der Waals surface area contributed by atoms with Gasteiger partial charge in [0, 0.05) is 0 Å². The van der Waals surface area contributed by atoms with Crippen molar-refractivity contribution in [1.29, 1.82) is 0 Å². The van der Waals surface area contributed by atoms with Gasteiger partial charge in [-0.1, -0.05) is 13.3 Å². The van der Waals surface area contributed by atoms with E-state index in [-0.39, 0.29) is 18.3 Å². The third kappa shape index (κ3) is 2.86. The minimum Gasteiger partial charge on any atom is -0.491 e. The number of ketones is 1. The van der Waals surface area contributed by atoms with Crippen LogP contribution < -0.4 is 14.8 Å². The second-order valence-electron chi connectivity index (χ2n) is 4.41. The second kappa shape index (κ2) is 5.73. The van der Waals surface area contributed by atoms with Gasteiger partial charge in [0.05, 0.1) is 12.2 Å². The van der Waals surface area contributed by atoms with Crippen molar-refractivity contribution in [2.75, 3.05) is 18.5 Å². The summed E-state index contributed by atoms with van der Waals surface area (Å²) in [5, 5.41) is 2.71. The molecular weight excluding hydrogens is 246 g/mol. The number of carbonyl (C=O) groups is 2. The van der Waals surface area contributed by atoms with Crippen LogP contribution in [-0.2, 0) is 4.79 Å². The van der Waals surface area contributed by atoms with Crippen LogP contribution >= 0.6 is 0 Å². The van der Waals surface area contributed by atoms with E-state index in [9.17, 15) is 9.59 Å². The maximum atomic E-state index is 11.5. The molecule has 19 heavy (non-hydrogen) atoms. The molecule has 1 amide bonds. The van der Waals surface area contributed by atoms with Gasteiger partial charge in [-0.05, 0) is 25.5 Å². The summed E-state index contributed by atoms with van der Waals surface area (Å²) in [6, 6.07) is 3.36. The van der Waals surface area contributed by atoms with Gasteiger partial charge in [0.2, 0.25) is 0 Å². The van der Waals surface area contributed by atoms with Gasteiger partial charge >= 0.3 is 0 Å². The van der Waals surface area contributed by atoms with Crippen molar-refractivity contribution in [3.05, 3.63) is 17.7 Å². The molecule has 1 aliphatic rings. The molecule has 0 atom stereocenters. The van der Waals surface area contributed by atoms with Crippen molar-refractivity contribution in [3.8, 4) is 11.5 Å². The number of rotatable bonds is 5. The van der Waals surface area contributed by atoms with E-state index in [0.717, 1.165) is 12.8 Å². The number of hydrogen-bond acceptors (Lipinski definition) is 4. The molecule has 0 fully saturated rings. The molecule has 0 bridgehead atoms. The lowest BCUT2D eigenvalue weighted by atomic mass is 10.1. The van der Waals surface area contributed by atoms with Gasteiger partial charge in [-0.15, -0.1) is 0 Å². The lowest BCUT2D eigenvalue weighted by molar-refractivity contribution is -0.118. The van der Waals surface area contributed by atoms with Gasteiger partial charge in [0.25, 0.3) is 5.91 Å². The first-order valence-electron chi connectivity index (χ1n) is 6.37. The molecule has 102 valence electrons. The molecule has 0 saturated heterocycles. The van der Waals surface area contributed by atoms with Crippen LogP contribution in [0.25, 0.3) is 0 Å². The maximum Gasteiger partial charge on any atom is 0.262 e. The second-order valence-corrected chi connectivity index (χ2v) is 4.41. The molecule has 0 spiro atoms. The Hall–Kier alpha value is -2.04. The smallest absolute Gasteiger partial charge is 0.262 e. The Labute approximate surface area is 111 Å². The topological polar surface area (TPSA) is 64.6 Å². The first-order chi connectivity index (χ1) is 9.13. The van der Waals surface area contributed by atoms with Crippen LogP contribution in [0.3, 0.4) is 0 Å². The number of unbranched alkanes of at least 4 members (excludes halogenated alkanes) is 1. The first kappa shape index (κ1) is 13.4. The predicted molar refractivity (Wildman–Crippen MR) is 71.0 cm³/mol. The number of Topliss-reactive ketones (excluding diaryl/α,β-unsaturated/α-hetero) is 1. The molecule has 1 heterocycles. The van der Waals surface area contributed by atoms with E-state index in [1.165, 1.54) is 6.92 Å². The zero-order valence-electron chi connectivity index (χ0n) is 11.1. The van der Waals surface area contributed by atoms with Crippen molar-refractivity contribution in [1.82, 2.24) is 0 Å². The van der Waals surface area contributed by atoms with E-state index in [1.54, 1.807) is 12.1 Å². The summed E-state index contributed by atoms with van der Waals surface area (Å²) in [4.78, 5) is 22.9. The largest absolute Gasteiger partial charge is 0.491 e. The van der Waals surface area contributed by atoms with E-state index >= 15 is 0 Å². The molecule has 2 rings (SSSR count). The van der Waals surface area contributed by atoms with Crippen LogP contribution in [0, 0.1) is 0 Å². The van der Waals surface area contributed by atoms with Crippen LogP contribution in [0.4, 0.5) is 5.69 Å². The van der Waals surface area contributed by atoms with E-state index in [4.69, 9.17) is 9.47 Å². The average molecular weight is 263 g/mol. The van der Waals surface area contributed by atoms with Crippen LogP contribution in [0.15, 0.2) is 12.1 Å². The quantitative estimate of drug-likeness (QED) is 0.654. The number of carbonyl (C=O) groups excluding carboxylic acids is 2. The van der Waals surface area contributed by atoms with Gasteiger partial charge < -0.3 is 14.8 Å². The molecule has 0 aliphatic carbocycles. The van der Waals surface area contributed by atoms with Crippen LogP contribution in [0.5, 0.6) is 11.5 Å². The number of anilines is 1. The SMILES string of the molecule is CCCCOc1ccc(C(C)=O)c2c1NC(=O)CO2. The lowest BCUT2D eigenvalue weighted by Gasteiger charge is -2.22. The van der Waals surface area contributed by atoms with E-state index in [1.807, 2.05) is 0 Å². The number of ether oxygens (including phenoxy) is 2. The van der Waals surface area contributed by atoms with Gasteiger partial charge in [0.1, 0.15) is 11.4 Å². The third-order valence-corrected chi connectivity index (χ3v) is 2.87. The van der Waals surface area contributed by atoms with Crippen LogP contribution in [0.2, 0.25) is 0 Å². The summed E-state index contributed by atoms with van der Waals surface area (Å²) in [5.41, 5.74) is 0.915. The van der Waals surface area contributed by atoms with Crippen LogP contribution in [0.1, 0.15) is 37.0 Å². The molecule has 1 aliphatic heterocycles. The summed E-state index contributed by atoms with van der Waals surface area (Å²) >= 11 is 0. The molecule has 5 heteroatoms. The number of fused-ring (bicyclic) bond motifs is 1. The van der Waals surface area contributed by atoms with Crippen LogP contribution in [-0.4, -0.2) is 24.9 Å². The van der Waals surface area contributed by atoms with E-state index in [2.05, 4.69) is 12.2 Å². The molecule has 1 N–H and O–H groups in total. The third-order valence-electron chi connectivity index (χ3n) is 2.87. The van der Waals surface area contributed by atoms with Crippen molar-refractivity contribution in [2.45, 2.75) is 26.7 Å². The lowest BCUT2D eigenvalue weighted by Crippen LogP contribution is -2.27. The summed E-state index contributed by atoms with van der Waals surface area (Å²) in [6.07, 6.45) is 1.95. The Kier molecular flexibility index (Phi) is 4.04. The summed E-state index contributed by atoms with van der Waals surface area (Å²) in [7, 11) is 0. The summed E-state index contributed by atoms with van der Waals surface area (Å²) < 4.78 is 11.0. The van der Waals surface area contributed by atoms with Gasteiger partial charge in [0.15, 0.2) is 18.1 Å². The molecule has 1 aromatic rings. The average Bonchev–Trinajstić information content (AvgIpc) is 2.38. The number of nitrogens with one attached hydrogen (secondary N) is 1. The molecule has 0 saturated carbocycles. The Bertz CT molecular complexity index is 510. The Balaban J connectivity index is 2.35. The minimum atomic E-state index is -0.242. The Morgan fingerprint density at radius 1 is 1.47 bits per heavy atom. The van der Waals surface area contributed by atoms with Crippen molar-refractivity contribution in [3.63, 3.8) is 0 Å². The molecular formula is C14H17NO4. The van der Waals surface area contributed by atoms with Crippen molar-refractivity contribution < 1.29 is 19.1 Å². The molecule has 1 aromatic carbocycles. The monoisotopic (exact) mass is 263 g/mol. The minimum absolute atomic E-state index is 0.0777. The van der Waals surface area contributed by atoms with Gasteiger partial charge in [-0.25, -0.2) is 0 Å². The highest BCUT2D eigenvalue weighted by Crippen LogP contribution is 2.40. The zero-order valence-corrected chi connectivity index (χ0v) is 11.1. The van der Waals surface area contributed by atoms with E-state index < -0.39 is 0 Å².